The molecule has 8 heteroatoms. The van der Waals surface area contributed by atoms with Gasteiger partial charge < -0.3 is 9.88 Å². The summed E-state index contributed by atoms with van der Waals surface area (Å²) in [5.41, 5.74) is 2.18. The van der Waals surface area contributed by atoms with E-state index >= 15 is 0 Å². The van der Waals surface area contributed by atoms with E-state index in [1.165, 1.54) is 22.6 Å². The van der Waals surface area contributed by atoms with Crippen molar-refractivity contribution in [2.45, 2.75) is 31.7 Å². The van der Waals surface area contributed by atoms with Crippen LogP contribution in [0.5, 0.6) is 0 Å². The molecule has 7 nitrogen and oxygen atoms in total. The number of carbonyl (C=O) groups excluding carboxylic acids is 1. The van der Waals surface area contributed by atoms with Crippen LogP contribution in [0.3, 0.4) is 0 Å². The van der Waals surface area contributed by atoms with Crippen molar-refractivity contribution >= 4 is 26.8 Å². The third-order valence-electron chi connectivity index (χ3n) is 5.87. The minimum atomic E-state index is -3.79. The maximum absolute atomic E-state index is 13.3. The molecule has 162 valence electrons. The van der Waals surface area contributed by atoms with Crippen LogP contribution in [0.4, 0.5) is 0 Å². The molecule has 1 aliphatic heterocycles. The van der Waals surface area contributed by atoms with Crippen LogP contribution >= 0.6 is 0 Å². The third kappa shape index (κ3) is 3.77. The molecule has 0 spiro atoms. The Hall–Kier alpha value is -2.97. The molecule has 0 fully saturated rings. The van der Waals surface area contributed by atoms with E-state index in [9.17, 15) is 18.0 Å². The second-order valence-electron chi connectivity index (χ2n) is 7.57. The molecule has 0 aliphatic carbocycles. The Morgan fingerprint density at radius 2 is 1.81 bits per heavy atom. The van der Waals surface area contributed by atoms with E-state index in [1.54, 1.807) is 11.0 Å². The van der Waals surface area contributed by atoms with Crippen molar-refractivity contribution in [2.75, 3.05) is 19.6 Å². The van der Waals surface area contributed by atoms with Crippen LogP contribution < -0.4 is 5.43 Å². The lowest BCUT2D eigenvalue weighted by Gasteiger charge is -2.28. The van der Waals surface area contributed by atoms with Crippen LogP contribution in [0.25, 0.3) is 10.9 Å². The molecular formula is C23H25N3O4S. The van der Waals surface area contributed by atoms with Crippen LogP contribution in [0.2, 0.25) is 0 Å². The van der Waals surface area contributed by atoms with Gasteiger partial charge in [-0.1, -0.05) is 24.3 Å². The molecule has 0 radical (unpaired) electrons. The quantitative estimate of drug-likeness (QED) is 0.662. The second-order valence-corrected chi connectivity index (χ2v) is 9.51. The van der Waals surface area contributed by atoms with E-state index < -0.39 is 15.5 Å². The molecule has 0 atom stereocenters. The van der Waals surface area contributed by atoms with Crippen LogP contribution in [0, 0.1) is 0 Å². The fraction of sp³-hybridized carbons (Fsp3) is 0.304. The lowest BCUT2D eigenvalue weighted by atomic mass is 10.0. The van der Waals surface area contributed by atoms with Crippen molar-refractivity contribution in [1.82, 2.24) is 14.2 Å². The number of carbonyl (C=O) groups is 1. The smallest absolute Gasteiger partial charge is 0.259 e. The average molecular weight is 440 g/mol. The number of aromatic nitrogens is 1. The van der Waals surface area contributed by atoms with Crippen molar-refractivity contribution in [3.63, 3.8) is 0 Å². The predicted molar refractivity (Wildman–Crippen MR) is 120 cm³/mol. The number of fused-ring (bicyclic) bond motifs is 2. The van der Waals surface area contributed by atoms with Crippen molar-refractivity contribution < 1.29 is 13.2 Å². The molecule has 2 aromatic carbocycles. The second kappa shape index (κ2) is 8.28. The molecule has 1 aromatic heterocycles. The largest absolute Gasteiger partial charge is 0.360 e. The van der Waals surface area contributed by atoms with Crippen molar-refractivity contribution in [1.29, 1.82) is 0 Å². The van der Waals surface area contributed by atoms with Gasteiger partial charge in [0.25, 0.3) is 5.91 Å². The Morgan fingerprint density at radius 1 is 1.10 bits per heavy atom. The van der Waals surface area contributed by atoms with E-state index in [4.69, 9.17) is 0 Å². The van der Waals surface area contributed by atoms with Crippen molar-refractivity contribution in [2.24, 2.45) is 0 Å². The van der Waals surface area contributed by atoms with E-state index in [-0.39, 0.29) is 21.8 Å². The molecule has 1 N–H and O–H groups in total. The normalized spacial score (nSPS) is 14.4. The average Bonchev–Trinajstić information content (AvgIpc) is 2.79. The number of amides is 1. The summed E-state index contributed by atoms with van der Waals surface area (Å²) in [4.78, 5) is 30.3. The molecular weight excluding hydrogens is 414 g/mol. The van der Waals surface area contributed by atoms with Crippen LogP contribution in [0.15, 0.2) is 58.4 Å². The Kier molecular flexibility index (Phi) is 5.68. The Labute approximate surface area is 181 Å². The highest BCUT2D eigenvalue weighted by Gasteiger charge is 2.29. The summed E-state index contributed by atoms with van der Waals surface area (Å²) >= 11 is 0. The van der Waals surface area contributed by atoms with Crippen LogP contribution in [0.1, 0.15) is 35.3 Å². The summed E-state index contributed by atoms with van der Waals surface area (Å²) in [5.74, 6) is -0.367. The van der Waals surface area contributed by atoms with Gasteiger partial charge in [0.05, 0.1) is 4.90 Å². The topological polar surface area (TPSA) is 90.6 Å². The first-order valence-electron chi connectivity index (χ1n) is 10.4. The van der Waals surface area contributed by atoms with E-state index in [1.807, 2.05) is 38.1 Å². The number of aromatic amines is 1. The summed E-state index contributed by atoms with van der Waals surface area (Å²) in [6.45, 7) is 5.34. The fourth-order valence-corrected chi connectivity index (χ4v) is 5.47. The minimum absolute atomic E-state index is 0.0117. The zero-order valence-electron chi connectivity index (χ0n) is 17.6. The van der Waals surface area contributed by atoms with Gasteiger partial charge in [0.2, 0.25) is 15.5 Å². The monoisotopic (exact) mass is 439 g/mol. The Morgan fingerprint density at radius 3 is 2.52 bits per heavy atom. The first-order chi connectivity index (χ1) is 14.9. The Bertz CT molecular complexity index is 1310. The number of benzene rings is 2. The highest BCUT2D eigenvalue weighted by atomic mass is 32.2. The van der Waals surface area contributed by atoms with E-state index in [2.05, 4.69) is 4.98 Å². The predicted octanol–water partition coefficient (Wildman–Crippen LogP) is 2.76. The molecule has 1 amide bonds. The third-order valence-corrected chi connectivity index (χ3v) is 7.71. The number of nitrogens with one attached hydrogen (secondary N) is 1. The first-order valence-corrected chi connectivity index (χ1v) is 11.8. The Balaban J connectivity index is 1.74. The van der Waals surface area contributed by atoms with Crippen LogP contribution in [-0.2, 0) is 23.0 Å². The van der Waals surface area contributed by atoms with Gasteiger partial charge in [-0.15, -0.1) is 0 Å². The maximum Gasteiger partial charge on any atom is 0.259 e. The number of nitrogens with zero attached hydrogens (tertiary/aromatic N) is 2. The number of H-pyrrole nitrogens is 1. The fourth-order valence-electron chi connectivity index (χ4n) is 4.02. The first kappa shape index (κ1) is 21.3. The molecule has 3 aromatic rings. The summed E-state index contributed by atoms with van der Waals surface area (Å²) < 4.78 is 28.1. The number of pyridine rings is 1. The van der Waals surface area contributed by atoms with Gasteiger partial charge in [-0.2, -0.15) is 4.31 Å². The molecule has 2 heterocycles. The zero-order valence-corrected chi connectivity index (χ0v) is 18.4. The lowest BCUT2D eigenvalue weighted by molar-refractivity contribution is 0.0771. The van der Waals surface area contributed by atoms with Gasteiger partial charge in [-0.3, -0.25) is 9.59 Å². The molecule has 1 aliphatic rings. The molecule has 0 saturated heterocycles. The minimum Gasteiger partial charge on any atom is -0.360 e. The maximum atomic E-state index is 13.3. The van der Waals surface area contributed by atoms with Gasteiger partial charge in [0.1, 0.15) is 5.56 Å². The van der Waals surface area contributed by atoms with Crippen molar-refractivity contribution in [3.05, 3.63) is 75.6 Å². The SMILES string of the molecule is CCN(CC)C(=O)c1c[nH]c2ccc(S(=O)(=O)N3CCc4ccccc4C3)cc2c1=O. The van der Waals surface area contributed by atoms with E-state index in [0.29, 0.717) is 38.1 Å². The summed E-state index contributed by atoms with van der Waals surface area (Å²) in [6, 6.07) is 12.3. The van der Waals surface area contributed by atoms with E-state index in [0.717, 1.165) is 11.1 Å². The molecule has 0 bridgehead atoms. The summed E-state index contributed by atoms with van der Waals surface area (Å²) in [6.07, 6.45) is 2.05. The number of sulfonamides is 1. The highest BCUT2D eigenvalue weighted by Crippen LogP contribution is 2.26. The molecule has 4 rings (SSSR count). The molecule has 31 heavy (non-hydrogen) atoms. The van der Waals surface area contributed by atoms with Gasteiger partial charge in [-0.05, 0) is 49.6 Å². The number of rotatable bonds is 5. The van der Waals surface area contributed by atoms with Gasteiger partial charge in [-0.25, -0.2) is 8.42 Å². The van der Waals surface area contributed by atoms with Gasteiger partial charge >= 0.3 is 0 Å². The summed E-state index contributed by atoms with van der Waals surface area (Å²) in [5, 5.41) is 0.191. The zero-order chi connectivity index (χ0) is 22.2. The highest BCUT2D eigenvalue weighted by molar-refractivity contribution is 7.89. The molecule has 0 unspecified atom stereocenters. The lowest BCUT2D eigenvalue weighted by Crippen LogP contribution is -2.36. The summed E-state index contributed by atoms with van der Waals surface area (Å²) in [7, 11) is -3.79. The van der Waals surface area contributed by atoms with Crippen LogP contribution in [-0.4, -0.2) is 48.1 Å². The number of hydrogen-bond donors (Lipinski definition) is 1. The number of hydrogen-bond acceptors (Lipinski definition) is 4. The standard InChI is InChI=1S/C23H25N3O4S/c1-3-25(4-2)23(28)20-14-24-21-10-9-18(13-19(21)22(20)27)31(29,30)26-12-11-16-7-5-6-8-17(16)15-26/h5-10,13-14H,3-4,11-12,15H2,1-2H3,(H,24,27). The molecule has 0 saturated carbocycles. The van der Waals surface area contributed by atoms with Gasteiger partial charge in [0.15, 0.2) is 0 Å². The van der Waals surface area contributed by atoms with Crippen molar-refractivity contribution in [3.8, 4) is 0 Å². The van der Waals surface area contributed by atoms with Gasteiger partial charge in [0, 0.05) is 43.3 Å².